The van der Waals surface area contributed by atoms with Crippen molar-refractivity contribution in [2.24, 2.45) is 0 Å². The second kappa shape index (κ2) is 9.96. The van der Waals surface area contributed by atoms with E-state index in [0.29, 0.717) is 19.5 Å². The number of aromatic nitrogens is 2. The average Bonchev–Trinajstić information content (AvgIpc) is 3.01. The van der Waals surface area contributed by atoms with Gasteiger partial charge in [-0.3, -0.25) is 9.59 Å². The lowest BCUT2D eigenvalue weighted by atomic mass is 10.2. The number of hydrogen-bond acceptors (Lipinski definition) is 4. The number of imidazole rings is 1. The normalized spacial score (nSPS) is 10.4. The molecule has 21 heavy (non-hydrogen) atoms. The molecular weight excluding hydrogens is 270 g/mol. The van der Waals surface area contributed by atoms with Crippen LogP contribution in [-0.4, -0.2) is 46.5 Å². The molecule has 0 saturated carbocycles. The van der Waals surface area contributed by atoms with Crippen LogP contribution in [0.5, 0.6) is 0 Å². The van der Waals surface area contributed by atoms with Crippen molar-refractivity contribution in [1.29, 1.82) is 0 Å². The van der Waals surface area contributed by atoms with Gasteiger partial charge < -0.3 is 14.2 Å². The van der Waals surface area contributed by atoms with Crippen LogP contribution >= 0.6 is 0 Å². The highest BCUT2D eigenvalue weighted by Crippen LogP contribution is 2.04. The largest absolute Gasteiger partial charge is 0.469 e. The number of carbonyl (C=O) groups excluding carboxylic acids is 2. The third-order valence-electron chi connectivity index (χ3n) is 3.31. The molecule has 118 valence electrons. The molecule has 0 N–H and O–H groups in total. The first-order chi connectivity index (χ1) is 10.2. The number of rotatable bonds is 10. The number of aryl methyl sites for hydroxylation is 1. The molecule has 0 atom stereocenters. The van der Waals surface area contributed by atoms with Gasteiger partial charge >= 0.3 is 5.97 Å². The van der Waals surface area contributed by atoms with Crippen molar-refractivity contribution >= 4 is 11.9 Å². The van der Waals surface area contributed by atoms with E-state index in [4.69, 9.17) is 0 Å². The summed E-state index contributed by atoms with van der Waals surface area (Å²) in [5.74, 6) is -0.163. The van der Waals surface area contributed by atoms with Gasteiger partial charge in [0.25, 0.3) is 0 Å². The summed E-state index contributed by atoms with van der Waals surface area (Å²) in [7, 11) is 1.37. The summed E-state index contributed by atoms with van der Waals surface area (Å²) < 4.78 is 6.62. The summed E-state index contributed by atoms with van der Waals surface area (Å²) >= 11 is 0. The summed E-state index contributed by atoms with van der Waals surface area (Å²) in [4.78, 5) is 29.1. The van der Waals surface area contributed by atoms with Gasteiger partial charge in [0.2, 0.25) is 5.91 Å². The molecule has 1 heterocycles. The van der Waals surface area contributed by atoms with E-state index >= 15 is 0 Å². The van der Waals surface area contributed by atoms with Crippen molar-refractivity contribution in [3.63, 3.8) is 0 Å². The zero-order chi connectivity index (χ0) is 15.5. The van der Waals surface area contributed by atoms with Gasteiger partial charge in [0.15, 0.2) is 0 Å². The highest BCUT2D eigenvalue weighted by atomic mass is 16.5. The van der Waals surface area contributed by atoms with E-state index in [1.54, 1.807) is 17.4 Å². The lowest BCUT2D eigenvalue weighted by Gasteiger charge is -2.22. The Bertz CT molecular complexity index is 418. The van der Waals surface area contributed by atoms with E-state index in [-0.39, 0.29) is 18.3 Å². The standard InChI is InChI=1S/C15H25N3O3/c1-3-4-6-14(19)18(11-7-15(20)21-2)10-5-9-17-12-8-16-13-17/h8,12-13H,3-7,9-11H2,1-2H3. The second-order valence-corrected chi connectivity index (χ2v) is 4.96. The maximum Gasteiger partial charge on any atom is 0.307 e. The van der Waals surface area contributed by atoms with Crippen molar-refractivity contribution in [3.05, 3.63) is 18.7 Å². The van der Waals surface area contributed by atoms with Gasteiger partial charge in [-0.1, -0.05) is 13.3 Å². The topological polar surface area (TPSA) is 64.4 Å². The van der Waals surface area contributed by atoms with E-state index in [0.717, 1.165) is 25.8 Å². The maximum absolute atomic E-state index is 12.2. The summed E-state index contributed by atoms with van der Waals surface area (Å²) in [5.41, 5.74) is 0. The van der Waals surface area contributed by atoms with Crippen LogP contribution < -0.4 is 0 Å². The van der Waals surface area contributed by atoms with Crippen molar-refractivity contribution in [1.82, 2.24) is 14.5 Å². The highest BCUT2D eigenvalue weighted by molar-refractivity contribution is 5.77. The molecule has 1 aromatic rings. The van der Waals surface area contributed by atoms with Gasteiger partial charge in [-0.25, -0.2) is 4.98 Å². The summed E-state index contributed by atoms with van der Waals surface area (Å²) in [6, 6.07) is 0. The molecule has 1 rings (SSSR count). The molecule has 1 aromatic heterocycles. The Balaban J connectivity index is 2.41. The van der Waals surface area contributed by atoms with Crippen molar-refractivity contribution < 1.29 is 14.3 Å². The molecule has 6 heteroatoms. The predicted molar refractivity (Wildman–Crippen MR) is 79.6 cm³/mol. The molecule has 0 saturated heterocycles. The number of ether oxygens (including phenoxy) is 1. The van der Waals surface area contributed by atoms with Crippen molar-refractivity contribution in [3.8, 4) is 0 Å². The Kier molecular flexibility index (Phi) is 8.16. The monoisotopic (exact) mass is 295 g/mol. The number of esters is 1. The van der Waals surface area contributed by atoms with Crippen LogP contribution in [0.15, 0.2) is 18.7 Å². The number of carbonyl (C=O) groups is 2. The number of nitrogens with zero attached hydrogens (tertiary/aromatic N) is 3. The molecule has 6 nitrogen and oxygen atoms in total. The molecule has 0 bridgehead atoms. The molecule has 1 amide bonds. The predicted octanol–water partition coefficient (Wildman–Crippen LogP) is 1.86. The molecule has 0 fully saturated rings. The Hall–Kier alpha value is -1.85. The highest BCUT2D eigenvalue weighted by Gasteiger charge is 2.14. The molecule has 0 aromatic carbocycles. The Morgan fingerprint density at radius 2 is 2.05 bits per heavy atom. The fraction of sp³-hybridized carbons (Fsp3) is 0.667. The van der Waals surface area contributed by atoms with Crippen LogP contribution in [0.2, 0.25) is 0 Å². The van der Waals surface area contributed by atoms with Crippen molar-refractivity contribution in [2.45, 2.75) is 45.6 Å². The molecule has 0 aliphatic heterocycles. The third-order valence-corrected chi connectivity index (χ3v) is 3.31. The van der Waals surface area contributed by atoms with Crippen molar-refractivity contribution in [2.75, 3.05) is 20.2 Å². The van der Waals surface area contributed by atoms with Gasteiger partial charge in [-0.05, 0) is 12.8 Å². The smallest absolute Gasteiger partial charge is 0.307 e. The lowest BCUT2D eigenvalue weighted by Crippen LogP contribution is -2.34. The Morgan fingerprint density at radius 3 is 2.67 bits per heavy atom. The summed E-state index contributed by atoms with van der Waals surface area (Å²) in [6.07, 6.45) is 8.91. The first kappa shape index (κ1) is 17.2. The third kappa shape index (κ3) is 6.92. The fourth-order valence-electron chi connectivity index (χ4n) is 2.04. The first-order valence-corrected chi connectivity index (χ1v) is 7.47. The first-order valence-electron chi connectivity index (χ1n) is 7.47. The molecule has 0 unspecified atom stereocenters. The number of methoxy groups -OCH3 is 1. The molecule has 0 aliphatic rings. The molecule has 0 aliphatic carbocycles. The van der Waals surface area contributed by atoms with Crippen LogP contribution in [0.4, 0.5) is 0 Å². The van der Waals surface area contributed by atoms with Gasteiger partial charge in [0.1, 0.15) is 0 Å². The van der Waals surface area contributed by atoms with E-state index in [2.05, 4.69) is 16.6 Å². The average molecular weight is 295 g/mol. The van der Waals surface area contributed by atoms with E-state index in [1.165, 1.54) is 7.11 Å². The van der Waals surface area contributed by atoms with Gasteiger partial charge in [0.05, 0.1) is 19.9 Å². The number of unbranched alkanes of at least 4 members (excludes halogenated alkanes) is 1. The van der Waals surface area contributed by atoms with Crippen LogP contribution in [0.1, 0.15) is 39.0 Å². The lowest BCUT2D eigenvalue weighted by molar-refractivity contribution is -0.141. The number of amides is 1. The second-order valence-electron chi connectivity index (χ2n) is 4.96. The zero-order valence-electron chi connectivity index (χ0n) is 13.0. The molecule has 0 radical (unpaired) electrons. The van der Waals surface area contributed by atoms with E-state index in [9.17, 15) is 9.59 Å². The quantitative estimate of drug-likeness (QED) is 0.618. The minimum Gasteiger partial charge on any atom is -0.469 e. The summed E-state index contributed by atoms with van der Waals surface area (Å²) in [5, 5.41) is 0. The molecule has 0 spiro atoms. The number of hydrogen-bond donors (Lipinski definition) is 0. The SMILES string of the molecule is CCCCC(=O)N(CCCn1ccnc1)CCC(=O)OC. The molecular formula is C15H25N3O3. The van der Waals surface area contributed by atoms with Crippen LogP contribution in [0.25, 0.3) is 0 Å². The van der Waals surface area contributed by atoms with Gasteiger partial charge in [0, 0.05) is 38.4 Å². The van der Waals surface area contributed by atoms with E-state index < -0.39 is 0 Å². The van der Waals surface area contributed by atoms with Gasteiger partial charge in [-0.15, -0.1) is 0 Å². The maximum atomic E-state index is 12.2. The van der Waals surface area contributed by atoms with Crippen LogP contribution in [0, 0.1) is 0 Å². The Morgan fingerprint density at radius 1 is 1.24 bits per heavy atom. The summed E-state index contributed by atoms with van der Waals surface area (Å²) in [6.45, 7) is 3.96. The minimum absolute atomic E-state index is 0.117. The van der Waals surface area contributed by atoms with Gasteiger partial charge in [-0.2, -0.15) is 0 Å². The minimum atomic E-state index is -0.280. The Labute approximate surface area is 126 Å². The van der Waals surface area contributed by atoms with Crippen LogP contribution in [0.3, 0.4) is 0 Å². The van der Waals surface area contributed by atoms with Crippen LogP contribution in [-0.2, 0) is 20.9 Å². The van der Waals surface area contributed by atoms with E-state index in [1.807, 2.05) is 10.8 Å². The zero-order valence-corrected chi connectivity index (χ0v) is 13.0. The fourth-order valence-corrected chi connectivity index (χ4v) is 2.04.